The van der Waals surface area contributed by atoms with Crippen LogP contribution in [0.15, 0.2) is 16.8 Å². The molecule has 0 amide bonds. The average Bonchev–Trinajstić information content (AvgIpc) is 2.96. The molecule has 0 atom stereocenters. The quantitative estimate of drug-likeness (QED) is 0.902. The predicted octanol–water partition coefficient (Wildman–Crippen LogP) is 1.55. The van der Waals surface area contributed by atoms with E-state index in [4.69, 9.17) is 33.5 Å². The summed E-state index contributed by atoms with van der Waals surface area (Å²) in [4.78, 5) is 12.9. The molecule has 0 aliphatic carbocycles. The summed E-state index contributed by atoms with van der Waals surface area (Å²) in [6.07, 6.45) is 1.61. The van der Waals surface area contributed by atoms with Gasteiger partial charge in [0.15, 0.2) is 5.82 Å². The molecule has 2 N–H and O–H groups in total. The summed E-state index contributed by atoms with van der Waals surface area (Å²) in [6.45, 7) is 4.31. The fraction of sp³-hybridized carbons (Fsp3) is 0.462. The van der Waals surface area contributed by atoms with Gasteiger partial charge in [0, 0.05) is 32.4 Å². The summed E-state index contributed by atoms with van der Waals surface area (Å²) in [5.41, 5.74) is 5.46. The molecule has 0 spiro atoms. The number of rotatable bonds is 4. The molecule has 3 heterocycles. The second-order valence-electron chi connectivity index (χ2n) is 5.03. The first-order valence-corrected chi connectivity index (χ1v) is 7.71. The van der Waals surface area contributed by atoms with E-state index < -0.39 is 0 Å². The smallest absolute Gasteiger partial charge is 0.240 e. The van der Waals surface area contributed by atoms with Gasteiger partial charge in [-0.05, 0) is 6.07 Å². The van der Waals surface area contributed by atoms with E-state index in [0.717, 1.165) is 32.0 Å². The van der Waals surface area contributed by atoms with Gasteiger partial charge in [0.1, 0.15) is 5.82 Å². The zero-order valence-corrected chi connectivity index (χ0v) is 13.4. The minimum absolute atomic E-state index is 0.265. The number of anilines is 1. The van der Waals surface area contributed by atoms with Gasteiger partial charge in [-0.15, -0.1) is 0 Å². The first-order valence-electron chi connectivity index (χ1n) is 6.95. The number of nitrogens with zero attached hydrogens (tertiary/aromatic N) is 5. The molecule has 0 saturated carbocycles. The second kappa shape index (κ2) is 6.78. The molecule has 3 rings (SSSR count). The molecule has 1 saturated heterocycles. The summed E-state index contributed by atoms with van der Waals surface area (Å²) in [5.74, 6) is 1.90. The Bertz CT molecular complexity index is 641. The normalized spacial score (nSPS) is 16.2. The Morgan fingerprint density at radius 3 is 2.64 bits per heavy atom. The van der Waals surface area contributed by atoms with Gasteiger partial charge < -0.3 is 15.2 Å². The van der Waals surface area contributed by atoms with Gasteiger partial charge in [-0.25, -0.2) is 4.98 Å². The van der Waals surface area contributed by atoms with Gasteiger partial charge in [-0.2, -0.15) is 4.98 Å². The number of pyridine rings is 1. The van der Waals surface area contributed by atoms with Gasteiger partial charge >= 0.3 is 0 Å². The van der Waals surface area contributed by atoms with Crippen molar-refractivity contribution in [2.24, 2.45) is 5.73 Å². The Hall–Kier alpha value is -1.41. The summed E-state index contributed by atoms with van der Waals surface area (Å²) in [5, 5.41) is 5.03. The van der Waals surface area contributed by atoms with Crippen molar-refractivity contribution in [3.63, 3.8) is 0 Å². The van der Waals surface area contributed by atoms with E-state index in [9.17, 15) is 0 Å². The third-order valence-electron chi connectivity index (χ3n) is 3.51. The van der Waals surface area contributed by atoms with E-state index in [2.05, 4.69) is 24.9 Å². The summed E-state index contributed by atoms with van der Waals surface area (Å²) < 4.78 is 5.01. The van der Waals surface area contributed by atoms with Crippen molar-refractivity contribution in [2.75, 3.05) is 31.1 Å². The van der Waals surface area contributed by atoms with Gasteiger partial charge in [0.2, 0.25) is 5.89 Å². The van der Waals surface area contributed by atoms with Crippen LogP contribution in [0.1, 0.15) is 11.7 Å². The topological polar surface area (TPSA) is 84.3 Å². The monoisotopic (exact) mass is 342 g/mol. The maximum absolute atomic E-state index is 6.20. The highest BCUT2D eigenvalue weighted by molar-refractivity contribution is 6.36. The highest BCUT2D eigenvalue weighted by Crippen LogP contribution is 2.26. The van der Waals surface area contributed by atoms with Crippen molar-refractivity contribution < 1.29 is 4.52 Å². The van der Waals surface area contributed by atoms with Gasteiger partial charge in [0.05, 0.1) is 23.1 Å². The maximum atomic E-state index is 6.20. The lowest BCUT2D eigenvalue weighted by Crippen LogP contribution is -2.46. The Balaban J connectivity index is 1.58. The van der Waals surface area contributed by atoms with Crippen LogP contribution in [0.25, 0.3) is 0 Å². The molecule has 7 nitrogen and oxygen atoms in total. The van der Waals surface area contributed by atoms with E-state index in [-0.39, 0.29) is 6.54 Å². The van der Waals surface area contributed by atoms with E-state index in [0.29, 0.717) is 28.3 Å². The summed E-state index contributed by atoms with van der Waals surface area (Å²) in [7, 11) is 0. The third-order valence-corrected chi connectivity index (χ3v) is 3.99. The highest BCUT2D eigenvalue weighted by atomic mass is 35.5. The van der Waals surface area contributed by atoms with Crippen molar-refractivity contribution >= 4 is 29.0 Å². The van der Waals surface area contributed by atoms with Gasteiger partial charge in [-0.3, -0.25) is 4.90 Å². The average molecular weight is 343 g/mol. The molecule has 1 aliphatic rings. The molecule has 9 heteroatoms. The molecule has 2 aromatic heterocycles. The lowest BCUT2D eigenvalue weighted by atomic mass is 10.3. The second-order valence-corrected chi connectivity index (χ2v) is 5.87. The number of hydrogen-bond donors (Lipinski definition) is 1. The molecule has 0 bridgehead atoms. The predicted molar refractivity (Wildman–Crippen MR) is 83.9 cm³/mol. The largest absolute Gasteiger partial charge is 0.353 e. The minimum atomic E-state index is 0.265. The number of aromatic nitrogens is 3. The number of piperazine rings is 1. The molecule has 2 aromatic rings. The van der Waals surface area contributed by atoms with Crippen LogP contribution in [0.3, 0.4) is 0 Å². The van der Waals surface area contributed by atoms with Gasteiger partial charge in [-0.1, -0.05) is 28.4 Å². The Labute approximate surface area is 138 Å². The lowest BCUT2D eigenvalue weighted by molar-refractivity contribution is 0.239. The van der Waals surface area contributed by atoms with E-state index in [1.54, 1.807) is 12.3 Å². The zero-order valence-electron chi connectivity index (χ0n) is 11.9. The minimum Gasteiger partial charge on any atom is -0.353 e. The third kappa shape index (κ3) is 3.49. The van der Waals surface area contributed by atoms with E-state index >= 15 is 0 Å². The molecular weight excluding hydrogens is 327 g/mol. The van der Waals surface area contributed by atoms with Gasteiger partial charge in [0.25, 0.3) is 0 Å². The first-order chi connectivity index (χ1) is 10.7. The maximum Gasteiger partial charge on any atom is 0.240 e. The molecule has 22 heavy (non-hydrogen) atoms. The van der Waals surface area contributed by atoms with Crippen LogP contribution in [0.5, 0.6) is 0 Å². The molecule has 1 aliphatic heterocycles. The van der Waals surface area contributed by atoms with Crippen LogP contribution in [-0.2, 0) is 13.1 Å². The Morgan fingerprint density at radius 1 is 1.23 bits per heavy atom. The summed E-state index contributed by atoms with van der Waals surface area (Å²) >= 11 is 12.1. The van der Waals surface area contributed by atoms with Crippen LogP contribution >= 0.6 is 23.2 Å². The number of nitrogens with two attached hydrogens (primary N) is 1. The zero-order chi connectivity index (χ0) is 15.5. The summed E-state index contributed by atoms with van der Waals surface area (Å²) in [6, 6.07) is 1.71. The van der Waals surface area contributed by atoms with Crippen molar-refractivity contribution in [1.82, 2.24) is 20.0 Å². The number of halogens is 2. The molecule has 0 unspecified atom stereocenters. The number of hydrogen-bond acceptors (Lipinski definition) is 7. The van der Waals surface area contributed by atoms with Crippen molar-refractivity contribution in [3.05, 3.63) is 34.0 Å². The SMILES string of the molecule is NCc1nc(CN2CCN(c3ncc(Cl)cc3Cl)CC2)no1. The molecule has 0 aromatic carbocycles. The lowest BCUT2D eigenvalue weighted by Gasteiger charge is -2.35. The van der Waals surface area contributed by atoms with E-state index in [1.807, 2.05) is 0 Å². The highest BCUT2D eigenvalue weighted by Gasteiger charge is 2.21. The van der Waals surface area contributed by atoms with Crippen LogP contribution in [-0.4, -0.2) is 46.2 Å². The standard InChI is InChI=1S/C13H16Cl2N6O/c14-9-5-10(15)13(17-7-9)21-3-1-20(2-4-21)8-11-18-12(6-16)22-19-11/h5,7H,1-4,6,8,16H2. The fourth-order valence-corrected chi connectivity index (χ4v) is 2.89. The van der Waals surface area contributed by atoms with Crippen LogP contribution < -0.4 is 10.6 Å². The molecular formula is C13H16Cl2N6O. The Morgan fingerprint density at radius 2 is 2.00 bits per heavy atom. The Kier molecular flexibility index (Phi) is 4.77. The first kappa shape index (κ1) is 15.5. The van der Waals surface area contributed by atoms with Crippen LogP contribution in [0.2, 0.25) is 10.0 Å². The van der Waals surface area contributed by atoms with Crippen LogP contribution in [0, 0.1) is 0 Å². The van der Waals surface area contributed by atoms with Crippen molar-refractivity contribution in [2.45, 2.75) is 13.1 Å². The van der Waals surface area contributed by atoms with Crippen LogP contribution in [0.4, 0.5) is 5.82 Å². The molecule has 1 fully saturated rings. The molecule has 0 radical (unpaired) electrons. The molecule has 118 valence electrons. The van der Waals surface area contributed by atoms with E-state index in [1.165, 1.54) is 0 Å². The van der Waals surface area contributed by atoms with Crippen molar-refractivity contribution in [1.29, 1.82) is 0 Å². The van der Waals surface area contributed by atoms with Crippen molar-refractivity contribution in [3.8, 4) is 0 Å². The fourth-order valence-electron chi connectivity index (χ4n) is 2.40.